The van der Waals surface area contributed by atoms with Gasteiger partial charge in [-0.15, -0.1) is 0 Å². The SMILES string of the molecule is CNC(=O)CCC(=O)NCCC(CCNC(C)(C)/C(C)=N\O)CCNC(C)(C)/C(C)=N\O. The van der Waals surface area contributed by atoms with Crippen LogP contribution in [-0.2, 0) is 9.59 Å². The molecule has 0 spiro atoms. The van der Waals surface area contributed by atoms with Gasteiger partial charge in [0.2, 0.25) is 11.8 Å². The Labute approximate surface area is 192 Å². The molecule has 0 bridgehead atoms. The molecule has 0 aliphatic heterocycles. The maximum atomic E-state index is 12.0. The lowest BCUT2D eigenvalue weighted by Crippen LogP contribution is -2.47. The highest BCUT2D eigenvalue weighted by Crippen LogP contribution is 2.15. The number of rotatable bonds is 16. The summed E-state index contributed by atoms with van der Waals surface area (Å²) in [6.07, 6.45) is 2.92. The lowest BCUT2D eigenvalue weighted by molar-refractivity contribution is -0.126. The number of nitrogens with one attached hydrogen (secondary N) is 4. The fraction of sp³-hybridized carbons (Fsp3) is 0.818. The Balaban J connectivity index is 4.74. The maximum absolute atomic E-state index is 12.0. The molecular weight excluding hydrogens is 412 g/mol. The van der Waals surface area contributed by atoms with Crippen LogP contribution < -0.4 is 21.3 Å². The Morgan fingerprint density at radius 1 is 0.781 bits per heavy atom. The molecule has 10 nitrogen and oxygen atoms in total. The third-order valence-corrected chi connectivity index (χ3v) is 6.08. The van der Waals surface area contributed by atoms with Gasteiger partial charge in [0.1, 0.15) is 0 Å². The minimum Gasteiger partial charge on any atom is -0.411 e. The van der Waals surface area contributed by atoms with Gasteiger partial charge in [0.25, 0.3) is 0 Å². The summed E-state index contributed by atoms with van der Waals surface area (Å²) in [6, 6.07) is 0. The van der Waals surface area contributed by atoms with Gasteiger partial charge in [0.15, 0.2) is 0 Å². The molecule has 6 N–H and O–H groups in total. The van der Waals surface area contributed by atoms with E-state index in [4.69, 9.17) is 10.4 Å². The first-order valence-corrected chi connectivity index (χ1v) is 11.2. The zero-order valence-electron chi connectivity index (χ0n) is 20.8. The zero-order valence-corrected chi connectivity index (χ0v) is 20.8. The van der Waals surface area contributed by atoms with Crippen LogP contribution in [0.4, 0.5) is 0 Å². The van der Waals surface area contributed by atoms with Gasteiger partial charge in [-0.1, -0.05) is 10.3 Å². The first-order chi connectivity index (χ1) is 14.9. The van der Waals surface area contributed by atoms with Crippen molar-refractivity contribution in [3.8, 4) is 0 Å². The van der Waals surface area contributed by atoms with Crippen LogP contribution in [0.25, 0.3) is 0 Å². The van der Waals surface area contributed by atoms with Crippen LogP contribution in [0.1, 0.15) is 73.6 Å². The Kier molecular flexibility index (Phi) is 13.8. The largest absolute Gasteiger partial charge is 0.411 e. The summed E-state index contributed by atoms with van der Waals surface area (Å²) < 4.78 is 0. The van der Waals surface area contributed by atoms with E-state index in [9.17, 15) is 9.59 Å². The minimum absolute atomic E-state index is 0.129. The maximum Gasteiger partial charge on any atom is 0.220 e. The first kappa shape index (κ1) is 29.8. The molecule has 0 aromatic heterocycles. The van der Waals surface area contributed by atoms with Crippen molar-refractivity contribution in [3.05, 3.63) is 0 Å². The summed E-state index contributed by atoms with van der Waals surface area (Å²) >= 11 is 0. The van der Waals surface area contributed by atoms with Crippen LogP contribution >= 0.6 is 0 Å². The molecule has 0 fully saturated rings. The number of hydrogen-bond donors (Lipinski definition) is 6. The van der Waals surface area contributed by atoms with E-state index >= 15 is 0 Å². The van der Waals surface area contributed by atoms with Crippen molar-refractivity contribution in [1.29, 1.82) is 0 Å². The van der Waals surface area contributed by atoms with Gasteiger partial charge in [0.05, 0.1) is 22.5 Å². The van der Waals surface area contributed by atoms with Gasteiger partial charge >= 0.3 is 0 Å². The van der Waals surface area contributed by atoms with Crippen LogP contribution in [-0.4, -0.2) is 71.4 Å². The molecule has 186 valence electrons. The summed E-state index contributed by atoms with van der Waals surface area (Å²) in [5.74, 6) is 0.0536. The molecule has 0 radical (unpaired) electrons. The average molecular weight is 457 g/mol. The quantitative estimate of drug-likeness (QED) is 0.119. The van der Waals surface area contributed by atoms with Crippen molar-refractivity contribution >= 4 is 23.2 Å². The lowest BCUT2D eigenvalue weighted by Gasteiger charge is -2.28. The van der Waals surface area contributed by atoms with E-state index in [1.807, 2.05) is 27.7 Å². The highest BCUT2D eigenvalue weighted by atomic mass is 16.4. The second-order valence-electron chi connectivity index (χ2n) is 9.23. The predicted molar refractivity (Wildman–Crippen MR) is 128 cm³/mol. The van der Waals surface area contributed by atoms with Crippen molar-refractivity contribution in [2.45, 2.75) is 84.7 Å². The van der Waals surface area contributed by atoms with Gasteiger partial charge in [-0.2, -0.15) is 0 Å². The van der Waals surface area contributed by atoms with Crippen LogP contribution in [0.3, 0.4) is 0 Å². The molecule has 0 rings (SSSR count). The third kappa shape index (κ3) is 12.0. The molecule has 0 atom stereocenters. The molecule has 0 saturated carbocycles. The fourth-order valence-electron chi connectivity index (χ4n) is 2.97. The van der Waals surface area contributed by atoms with Crippen LogP contribution in [0.2, 0.25) is 0 Å². The minimum atomic E-state index is -0.414. The molecule has 0 heterocycles. The summed E-state index contributed by atoms with van der Waals surface area (Å²) in [6.45, 7) is 13.4. The van der Waals surface area contributed by atoms with Gasteiger partial charge in [-0.25, -0.2) is 0 Å². The number of amides is 2. The normalized spacial score (nSPS) is 13.4. The van der Waals surface area contributed by atoms with E-state index in [1.165, 1.54) is 0 Å². The topological polar surface area (TPSA) is 147 Å². The van der Waals surface area contributed by atoms with E-state index < -0.39 is 11.1 Å². The Morgan fingerprint density at radius 3 is 1.59 bits per heavy atom. The number of oxime groups is 2. The van der Waals surface area contributed by atoms with Crippen LogP contribution in [0, 0.1) is 5.92 Å². The molecule has 0 aliphatic rings. The van der Waals surface area contributed by atoms with Gasteiger partial charge < -0.3 is 31.7 Å². The molecule has 10 heteroatoms. The van der Waals surface area contributed by atoms with Crippen molar-refractivity contribution in [1.82, 2.24) is 21.3 Å². The highest BCUT2D eigenvalue weighted by molar-refractivity contribution is 5.90. The van der Waals surface area contributed by atoms with Crippen LogP contribution in [0.5, 0.6) is 0 Å². The van der Waals surface area contributed by atoms with E-state index in [0.717, 1.165) is 32.4 Å². The molecule has 0 aromatic rings. The van der Waals surface area contributed by atoms with E-state index in [0.29, 0.717) is 23.9 Å². The fourth-order valence-corrected chi connectivity index (χ4v) is 2.97. The molecule has 0 aromatic carbocycles. The summed E-state index contributed by atoms with van der Waals surface area (Å²) in [5, 5.41) is 36.9. The van der Waals surface area contributed by atoms with Crippen molar-refractivity contribution < 1.29 is 20.0 Å². The van der Waals surface area contributed by atoms with Gasteiger partial charge in [0, 0.05) is 26.4 Å². The first-order valence-electron chi connectivity index (χ1n) is 11.2. The molecule has 2 amide bonds. The van der Waals surface area contributed by atoms with Gasteiger partial charge in [-0.3, -0.25) is 9.59 Å². The molecule has 0 aliphatic carbocycles. The average Bonchev–Trinajstić information content (AvgIpc) is 2.75. The number of carbonyl (C=O) groups excluding carboxylic acids is 2. The van der Waals surface area contributed by atoms with Crippen molar-refractivity contribution in [2.75, 3.05) is 26.7 Å². The molecular formula is C22H44N6O4. The highest BCUT2D eigenvalue weighted by Gasteiger charge is 2.23. The van der Waals surface area contributed by atoms with Gasteiger partial charge in [-0.05, 0) is 79.8 Å². The summed E-state index contributed by atoms with van der Waals surface area (Å²) in [7, 11) is 1.55. The van der Waals surface area contributed by atoms with Crippen molar-refractivity contribution in [2.24, 2.45) is 16.2 Å². The third-order valence-electron chi connectivity index (χ3n) is 6.08. The lowest BCUT2D eigenvalue weighted by atomic mass is 9.94. The number of nitrogens with zero attached hydrogens (tertiary/aromatic N) is 2. The molecule has 0 saturated heterocycles. The Bertz CT molecular complexity index is 610. The van der Waals surface area contributed by atoms with E-state index in [1.54, 1.807) is 20.9 Å². The van der Waals surface area contributed by atoms with E-state index in [2.05, 4.69) is 31.6 Å². The Hall–Kier alpha value is -2.20. The summed E-state index contributed by atoms with van der Waals surface area (Å²) in [4.78, 5) is 23.2. The molecule has 0 unspecified atom stereocenters. The van der Waals surface area contributed by atoms with Crippen LogP contribution in [0.15, 0.2) is 10.3 Å². The zero-order chi connectivity index (χ0) is 24.8. The predicted octanol–water partition coefficient (Wildman–Crippen LogP) is 1.85. The smallest absolute Gasteiger partial charge is 0.220 e. The second-order valence-corrected chi connectivity index (χ2v) is 9.23. The molecule has 32 heavy (non-hydrogen) atoms. The Morgan fingerprint density at radius 2 is 1.19 bits per heavy atom. The monoisotopic (exact) mass is 456 g/mol. The number of carbonyl (C=O) groups is 2. The standard InChI is InChI=1S/C22H44N6O4/c1-16(27-31)21(3,4)25-14-11-18(12-15-26-22(5,6)17(2)28-32)10-13-24-20(30)9-8-19(29)23-7/h18,25-26,31-32H,8-15H2,1-7H3,(H,23,29)(H,24,30)/b27-16-,28-17-. The summed E-state index contributed by atoms with van der Waals surface area (Å²) in [5.41, 5.74) is 0.393. The second kappa shape index (κ2) is 14.8. The number of hydrogen-bond acceptors (Lipinski definition) is 8. The van der Waals surface area contributed by atoms with Crippen molar-refractivity contribution in [3.63, 3.8) is 0 Å². The van der Waals surface area contributed by atoms with E-state index in [-0.39, 0.29) is 24.7 Å².